The smallest absolute Gasteiger partial charge is 0.0715 e. The number of para-hydroxylation sites is 1. The van der Waals surface area contributed by atoms with Gasteiger partial charge in [-0.15, -0.1) is 0 Å². The van der Waals surface area contributed by atoms with E-state index in [4.69, 9.17) is 4.98 Å². The second-order valence-electron chi connectivity index (χ2n) is 13.0. The number of aryl methyl sites for hydroxylation is 1. The number of aromatic nitrogens is 2. The third-order valence-corrected chi connectivity index (χ3v) is 10.0. The summed E-state index contributed by atoms with van der Waals surface area (Å²) in [5.74, 6) is 0. The zero-order valence-electron chi connectivity index (χ0n) is 27.4. The van der Waals surface area contributed by atoms with Crippen molar-refractivity contribution >= 4 is 10.9 Å². The average Bonchev–Trinajstić information content (AvgIpc) is 3.53. The number of rotatable bonds is 6. The Hall–Kier alpha value is -5.99. The number of hydrogen-bond donors (Lipinski definition) is 0. The Morgan fingerprint density at radius 1 is 0.388 bits per heavy atom. The molecule has 0 bridgehead atoms. The van der Waals surface area contributed by atoms with Gasteiger partial charge in [-0.3, -0.25) is 0 Å². The van der Waals surface area contributed by atoms with Crippen LogP contribution in [0, 0.1) is 0 Å². The minimum absolute atomic E-state index is 0.966. The molecule has 9 rings (SSSR count). The summed E-state index contributed by atoms with van der Waals surface area (Å²) in [5, 5.41) is 1.40. The molecule has 1 aliphatic carbocycles. The Morgan fingerprint density at radius 3 is 1.43 bits per heavy atom. The highest BCUT2D eigenvalue weighted by Crippen LogP contribution is 2.36. The van der Waals surface area contributed by atoms with Crippen molar-refractivity contribution in [1.82, 2.24) is 9.55 Å². The minimum Gasteiger partial charge on any atom is -0.313 e. The largest absolute Gasteiger partial charge is 0.313 e. The summed E-state index contributed by atoms with van der Waals surface area (Å²) in [6.07, 6.45) is 4.83. The summed E-state index contributed by atoms with van der Waals surface area (Å²) in [6.45, 7) is 0. The fourth-order valence-corrected chi connectivity index (χ4v) is 7.51. The van der Waals surface area contributed by atoms with E-state index in [0.29, 0.717) is 0 Å². The van der Waals surface area contributed by atoms with Crippen LogP contribution < -0.4 is 0 Å². The summed E-state index contributed by atoms with van der Waals surface area (Å²) in [4.78, 5) is 5.24. The molecule has 2 aromatic heterocycles. The molecule has 234 valence electrons. The topological polar surface area (TPSA) is 17.8 Å². The lowest BCUT2D eigenvalue weighted by Gasteiger charge is -2.17. The lowest BCUT2D eigenvalue weighted by atomic mass is 9.95. The summed E-state index contributed by atoms with van der Waals surface area (Å²) in [6, 6.07) is 61.2. The van der Waals surface area contributed by atoms with Gasteiger partial charge in [-0.1, -0.05) is 140 Å². The van der Waals surface area contributed by atoms with Crippen molar-refractivity contribution in [3.8, 4) is 61.6 Å². The molecule has 0 amide bonds. The van der Waals surface area contributed by atoms with Gasteiger partial charge < -0.3 is 4.57 Å². The van der Waals surface area contributed by atoms with Crippen molar-refractivity contribution in [3.05, 3.63) is 181 Å². The van der Waals surface area contributed by atoms with Gasteiger partial charge in [0.05, 0.1) is 16.9 Å². The van der Waals surface area contributed by atoms with Crippen molar-refractivity contribution in [2.75, 3.05) is 0 Å². The molecule has 0 N–H and O–H groups in total. The van der Waals surface area contributed by atoms with E-state index in [2.05, 4.69) is 174 Å². The van der Waals surface area contributed by atoms with Crippen molar-refractivity contribution in [2.45, 2.75) is 25.7 Å². The molecule has 8 aromatic rings. The first-order valence-electron chi connectivity index (χ1n) is 17.3. The van der Waals surface area contributed by atoms with E-state index in [1.165, 1.54) is 74.9 Å². The standard InChI is InChI=1S/C47H36N2/c1-3-11-33(12-4-1)35-19-23-38(24-20-35)44-31-40(32-45(48-44)39-25-21-36(22-26-39)34-13-5-2-6-14-34)37-27-29-41(30-28-37)49-46-17-9-7-15-42(46)43-16-8-10-18-47(43)49/h1-7,9,11-15,17,19-32H,8,10,16,18H2. The van der Waals surface area contributed by atoms with E-state index in [1.54, 1.807) is 0 Å². The normalized spacial score (nSPS) is 12.6. The highest BCUT2D eigenvalue weighted by Gasteiger charge is 2.20. The Bertz CT molecular complexity index is 2280. The van der Waals surface area contributed by atoms with E-state index >= 15 is 0 Å². The first-order chi connectivity index (χ1) is 24.3. The van der Waals surface area contributed by atoms with Gasteiger partial charge in [0, 0.05) is 27.9 Å². The maximum atomic E-state index is 5.24. The van der Waals surface area contributed by atoms with Crippen molar-refractivity contribution < 1.29 is 0 Å². The molecule has 6 aromatic carbocycles. The fourth-order valence-electron chi connectivity index (χ4n) is 7.51. The Balaban J connectivity index is 1.12. The fraction of sp³-hybridized carbons (Fsp3) is 0.0851. The number of fused-ring (bicyclic) bond motifs is 3. The highest BCUT2D eigenvalue weighted by atomic mass is 15.0. The zero-order valence-corrected chi connectivity index (χ0v) is 27.4. The van der Waals surface area contributed by atoms with Gasteiger partial charge in [-0.25, -0.2) is 4.98 Å². The molecule has 0 spiro atoms. The molecular weight excluding hydrogens is 593 g/mol. The molecule has 2 heterocycles. The second kappa shape index (κ2) is 12.6. The van der Waals surface area contributed by atoms with Gasteiger partial charge in [-0.2, -0.15) is 0 Å². The minimum atomic E-state index is 0.966. The van der Waals surface area contributed by atoms with E-state index < -0.39 is 0 Å². The average molecular weight is 629 g/mol. The van der Waals surface area contributed by atoms with Gasteiger partial charge in [0.2, 0.25) is 0 Å². The predicted molar refractivity (Wildman–Crippen MR) is 205 cm³/mol. The van der Waals surface area contributed by atoms with Crippen LogP contribution in [0.1, 0.15) is 24.1 Å². The highest BCUT2D eigenvalue weighted by molar-refractivity contribution is 5.88. The monoisotopic (exact) mass is 628 g/mol. The molecule has 0 fully saturated rings. The van der Waals surface area contributed by atoms with Crippen molar-refractivity contribution in [1.29, 1.82) is 0 Å². The van der Waals surface area contributed by atoms with Gasteiger partial charge in [-0.05, 0) is 95.0 Å². The van der Waals surface area contributed by atoms with Gasteiger partial charge in [0.25, 0.3) is 0 Å². The Kier molecular flexibility index (Phi) is 7.48. The third-order valence-electron chi connectivity index (χ3n) is 10.0. The molecule has 2 heteroatoms. The van der Waals surface area contributed by atoms with E-state index in [0.717, 1.165) is 34.5 Å². The van der Waals surface area contributed by atoms with Crippen LogP contribution in [0.2, 0.25) is 0 Å². The molecule has 1 aliphatic rings. The predicted octanol–water partition coefficient (Wildman–Crippen LogP) is 12.2. The van der Waals surface area contributed by atoms with Crippen LogP contribution in [0.15, 0.2) is 170 Å². The van der Waals surface area contributed by atoms with E-state index in [-0.39, 0.29) is 0 Å². The maximum absolute atomic E-state index is 5.24. The van der Waals surface area contributed by atoms with Crippen LogP contribution in [0.25, 0.3) is 72.5 Å². The SMILES string of the molecule is c1ccc(-c2ccc(-c3cc(-c4ccc(-n5c6c(c7ccccc75)CCCC6)cc4)cc(-c4ccc(-c5ccccc5)cc4)n3)cc2)cc1. The van der Waals surface area contributed by atoms with Crippen LogP contribution in [0.5, 0.6) is 0 Å². The van der Waals surface area contributed by atoms with Gasteiger partial charge in [0.15, 0.2) is 0 Å². The number of pyridine rings is 1. The summed E-state index contributed by atoms with van der Waals surface area (Å²) < 4.78 is 2.50. The summed E-state index contributed by atoms with van der Waals surface area (Å²) in [7, 11) is 0. The number of nitrogens with zero attached hydrogens (tertiary/aromatic N) is 2. The summed E-state index contributed by atoms with van der Waals surface area (Å²) >= 11 is 0. The van der Waals surface area contributed by atoms with Crippen LogP contribution in [0.4, 0.5) is 0 Å². The quantitative estimate of drug-likeness (QED) is 0.179. The van der Waals surface area contributed by atoms with Crippen molar-refractivity contribution in [3.63, 3.8) is 0 Å². The van der Waals surface area contributed by atoms with Crippen LogP contribution in [0.3, 0.4) is 0 Å². The molecule has 0 saturated heterocycles. The molecule has 2 nitrogen and oxygen atoms in total. The van der Waals surface area contributed by atoms with Crippen LogP contribution in [-0.4, -0.2) is 9.55 Å². The molecule has 0 saturated carbocycles. The van der Waals surface area contributed by atoms with Gasteiger partial charge >= 0.3 is 0 Å². The lowest BCUT2D eigenvalue weighted by Crippen LogP contribution is -2.06. The number of benzene rings is 6. The van der Waals surface area contributed by atoms with E-state index in [9.17, 15) is 0 Å². The first-order valence-corrected chi connectivity index (χ1v) is 17.3. The van der Waals surface area contributed by atoms with Crippen LogP contribution in [-0.2, 0) is 12.8 Å². The van der Waals surface area contributed by atoms with E-state index in [1.807, 2.05) is 0 Å². The molecule has 0 radical (unpaired) electrons. The number of hydrogen-bond acceptors (Lipinski definition) is 1. The summed E-state index contributed by atoms with van der Waals surface area (Å²) in [5.41, 5.74) is 16.9. The van der Waals surface area contributed by atoms with Crippen LogP contribution >= 0.6 is 0 Å². The zero-order chi connectivity index (χ0) is 32.6. The molecule has 0 atom stereocenters. The molecular formula is C47H36N2. The Morgan fingerprint density at radius 2 is 0.837 bits per heavy atom. The molecule has 49 heavy (non-hydrogen) atoms. The lowest BCUT2D eigenvalue weighted by molar-refractivity contribution is 0.667. The molecule has 0 aliphatic heterocycles. The Labute approximate surface area is 288 Å². The van der Waals surface area contributed by atoms with Crippen molar-refractivity contribution in [2.24, 2.45) is 0 Å². The molecule has 0 unspecified atom stereocenters. The maximum Gasteiger partial charge on any atom is 0.0715 e. The first kappa shape index (κ1) is 29.2. The third kappa shape index (κ3) is 5.56. The second-order valence-corrected chi connectivity index (χ2v) is 13.0. The van der Waals surface area contributed by atoms with Gasteiger partial charge in [0.1, 0.15) is 0 Å².